The van der Waals surface area contributed by atoms with Crippen molar-refractivity contribution in [2.24, 2.45) is 0 Å². The summed E-state index contributed by atoms with van der Waals surface area (Å²) in [4.78, 5) is 17.2. The lowest BCUT2D eigenvalue weighted by Gasteiger charge is -2.34. The van der Waals surface area contributed by atoms with Gasteiger partial charge < -0.3 is 9.64 Å². The van der Waals surface area contributed by atoms with Gasteiger partial charge in [0, 0.05) is 56.5 Å². The Bertz CT molecular complexity index is 1050. The number of sulfonamides is 1. The number of benzene rings is 2. The van der Waals surface area contributed by atoms with Gasteiger partial charge in [0.1, 0.15) is 0 Å². The highest BCUT2D eigenvalue weighted by atomic mass is 35.5. The van der Waals surface area contributed by atoms with Crippen LogP contribution in [0.4, 0.5) is 0 Å². The normalized spacial score (nSPS) is 19.9. The van der Waals surface area contributed by atoms with E-state index in [2.05, 4.69) is 9.62 Å². The van der Waals surface area contributed by atoms with Gasteiger partial charge in [0.25, 0.3) is 5.91 Å². The van der Waals surface area contributed by atoms with E-state index in [4.69, 9.17) is 16.3 Å². The van der Waals surface area contributed by atoms with Gasteiger partial charge in [0.2, 0.25) is 10.0 Å². The lowest BCUT2D eigenvalue weighted by atomic mass is 10.1. The number of ether oxygens (including phenoxy) is 1. The predicted octanol–water partition coefficient (Wildman–Crippen LogP) is 2.76. The Morgan fingerprint density at radius 1 is 1.09 bits per heavy atom. The molecule has 0 aromatic heterocycles. The molecule has 2 aromatic rings. The SMILES string of the molecule is O=C(c1cccc(S(=O)(=O)NCC2CCCO2)c1)N1CCN(Cc2cccc(Cl)c2)CC1. The number of amides is 1. The summed E-state index contributed by atoms with van der Waals surface area (Å²) in [6, 6.07) is 14.0. The summed E-state index contributed by atoms with van der Waals surface area (Å²) < 4.78 is 33.4. The summed E-state index contributed by atoms with van der Waals surface area (Å²) in [6.45, 7) is 4.38. The summed E-state index contributed by atoms with van der Waals surface area (Å²) in [6.07, 6.45) is 1.71. The number of piperazine rings is 1. The molecule has 172 valence electrons. The Morgan fingerprint density at radius 3 is 2.59 bits per heavy atom. The third kappa shape index (κ3) is 5.88. The zero-order chi connectivity index (χ0) is 22.6. The summed E-state index contributed by atoms with van der Waals surface area (Å²) in [7, 11) is -3.70. The van der Waals surface area contributed by atoms with Crippen LogP contribution in [0.2, 0.25) is 5.02 Å². The number of halogens is 1. The predicted molar refractivity (Wildman–Crippen MR) is 123 cm³/mol. The zero-order valence-electron chi connectivity index (χ0n) is 17.9. The zero-order valence-corrected chi connectivity index (χ0v) is 19.4. The largest absolute Gasteiger partial charge is 0.377 e. The van der Waals surface area contributed by atoms with Crippen molar-refractivity contribution in [2.45, 2.75) is 30.4 Å². The minimum Gasteiger partial charge on any atom is -0.377 e. The number of hydrogen-bond donors (Lipinski definition) is 1. The molecular weight excluding hydrogens is 450 g/mol. The van der Waals surface area contributed by atoms with Crippen molar-refractivity contribution in [3.63, 3.8) is 0 Å². The van der Waals surface area contributed by atoms with E-state index >= 15 is 0 Å². The summed E-state index contributed by atoms with van der Waals surface area (Å²) in [5, 5.41) is 0.719. The third-order valence-corrected chi connectivity index (χ3v) is 7.53. The first-order valence-corrected chi connectivity index (χ1v) is 12.7. The van der Waals surface area contributed by atoms with Crippen LogP contribution in [0.25, 0.3) is 0 Å². The highest BCUT2D eigenvalue weighted by molar-refractivity contribution is 7.89. The first-order chi connectivity index (χ1) is 15.4. The van der Waals surface area contributed by atoms with E-state index < -0.39 is 10.0 Å². The summed E-state index contributed by atoms with van der Waals surface area (Å²) in [5.74, 6) is -0.149. The van der Waals surface area contributed by atoms with Crippen molar-refractivity contribution in [1.29, 1.82) is 0 Å². The molecule has 0 aliphatic carbocycles. The second kappa shape index (κ2) is 10.3. The second-order valence-corrected chi connectivity index (χ2v) is 10.4. The maximum Gasteiger partial charge on any atom is 0.253 e. The van der Waals surface area contributed by atoms with Gasteiger partial charge in [-0.2, -0.15) is 0 Å². The maximum absolute atomic E-state index is 13.0. The van der Waals surface area contributed by atoms with Crippen LogP contribution >= 0.6 is 11.6 Å². The van der Waals surface area contributed by atoms with E-state index in [1.807, 2.05) is 24.3 Å². The van der Waals surface area contributed by atoms with Crippen molar-refractivity contribution < 1.29 is 17.9 Å². The van der Waals surface area contributed by atoms with Crippen molar-refractivity contribution in [2.75, 3.05) is 39.3 Å². The molecule has 2 aliphatic heterocycles. The molecule has 0 radical (unpaired) electrons. The average molecular weight is 478 g/mol. The number of nitrogens with zero attached hydrogens (tertiary/aromatic N) is 2. The van der Waals surface area contributed by atoms with Crippen molar-refractivity contribution in [3.8, 4) is 0 Å². The molecule has 1 N–H and O–H groups in total. The highest BCUT2D eigenvalue weighted by Gasteiger charge is 2.25. The molecule has 2 fully saturated rings. The molecule has 2 aromatic carbocycles. The molecule has 7 nitrogen and oxygen atoms in total. The number of hydrogen-bond acceptors (Lipinski definition) is 5. The second-order valence-electron chi connectivity index (χ2n) is 8.21. The van der Waals surface area contributed by atoms with Gasteiger partial charge in [-0.15, -0.1) is 0 Å². The van der Waals surface area contributed by atoms with E-state index in [0.717, 1.165) is 43.1 Å². The first kappa shape index (κ1) is 23.2. The van der Waals surface area contributed by atoms with Gasteiger partial charge in [-0.3, -0.25) is 9.69 Å². The van der Waals surface area contributed by atoms with Crippen LogP contribution in [0.3, 0.4) is 0 Å². The minimum atomic E-state index is -3.70. The molecule has 0 saturated carbocycles. The summed E-state index contributed by atoms with van der Waals surface area (Å²) in [5.41, 5.74) is 1.53. The Morgan fingerprint density at radius 2 is 1.88 bits per heavy atom. The number of rotatable bonds is 7. The molecule has 2 saturated heterocycles. The van der Waals surface area contributed by atoms with E-state index in [1.54, 1.807) is 17.0 Å². The fourth-order valence-corrected chi connectivity index (χ4v) is 5.40. The van der Waals surface area contributed by atoms with Gasteiger partial charge in [0.15, 0.2) is 0 Å². The third-order valence-electron chi connectivity index (χ3n) is 5.87. The van der Waals surface area contributed by atoms with Crippen LogP contribution in [-0.2, 0) is 21.3 Å². The number of carbonyl (C=O) groups excluding carboxylic acids is 1. The van der Waals surface area contributed by atoms with E-state index in [9.17, 15) is 13.2 Å². The van der Waals surface area contributed by atoms with Crippen LogP contribution in [0, 0.1) is 0 Å². The Hall–Kier alpha value is -1.97. The Kier molecular flexibility index (Phi) is 7.48. The van der Waals surface area contributed by atoms with Gasteiger partial charge >= 0.3 is 0 Å². The monoisotopic (exact) mass is 477 g/mol. The molecule has 32 heavy (non-hydrogen) atoms. The van der Waals surface area contributed by atoms with Gasteiger partial charge in [-0.1, -0.05) is 29.8 Å². The first-order valence-electron chi connectivity index (χ1n) is 10.9. The highest BCUT2D eigenvalue weighted by Crippen LogP contribution is 2.18. The molecule has 0 spiro atoms. The van der Waals surface area contributed by atoms with Crippen LogP contribution in [0.5, 0.6) is 0 Å². The van der Waals surface area contributed by atoms with E-state index in [0.29, 0.717) is 25.3 Å². The molecule has 4 rings (SSSR count). The minimum absolute atomic E-state index is 0.0854. The van der Waals surface area contributed by atoms with Crippen molar-refractivity contribution in [1.82, 2.24) is 14.5 Å². The van der Waals surface area contributed by atoms with Crippen molar-refractivity contribution >= 4 is 27.5 Å². The Balaban J connectivity index is 1.34. The fourth-order valence-electron chi connectivity index (χ4n) is 4.07. The van der Waals surface area contributed by atoms with Crippen LogP contribution in [0.1, 0.15) is 28.8 Å². The van der Waals surface area contributed by atoms with E-state index in [-0.39, 0.29) is 23.5 Å². The van der Waals surface area contributed by atoms with Crippen LogP contribution in [0.15, 0.2) is 53.4 Å². The molecule has 1 amide bonds. The summed E-state index contributed by atoms with van der Waals surface area (Å²) >= 11 is 6.07. The molecule has 0 bridgehead atoms. The molecule has 1 unspecified atom stereocenters. The van der Waals surface area contributed by atoms with Gasteiger partial charge in [-0.25, -0.2) is 13.1 Å². The molecule has 9 heteroatoms. The number of nitrogens with one attached hydrogen (secondary N) is 1. The van der Waals surface area contributed by atoms with Gasteiger partial charge in [-0.05, 0) is 48.7 Å². The lowest BCUT2D eigenvalue weighted by molar-refractivity contribution is 0.0628. The van der Waals surface area contributed by atoms with Crippen LogP contribution in [-0.4, -0.2) is 69.6 Å². The molecule has 2 aliphatic rings. The standard InChI is InChI=1S/C23H28ClN3O4S/c24-20-6-1-4-18(14-20)17-26-9-11-27(12-10-26)23(28)19-5-2-8-22(15-19)32(29,30)25-16-21-7-3-13-31-21/h1-2,4-6,8,14-15,21,25H,3,7,9-13,16-17H2. The topological polar surface area (TPSA) is 78.9 Å². The quantitative estimate of drug-likeness (QED) is 0.663. The average Bonchev–Trinajstić information content (AvgIpc) is 3.32. The Labute approximate surface area is 194 Å². The van der Waals surface area contributed by atoms with Crippen molar-refractivity contribution in [3.05, 3.63) is 64.7 Å². The molecule has 1 atom stereocenters. The van der Waals surface area contributed by atoms with E-state index in [1.165, 1.54) is 12.1 Å². The lowest BCUT2D eigenvalue weighted by Crippen LogP contribution is -2.48. The number of carbonyl (C=O) groups is 1. The smallest absolute Gasteiger partial charge is 0.253 e. The molecule has 2 heterocycles. The van der Waals surface area contributed by atoms with Gasteiger partial charge in [0.05, 0.1) is 11.0 Å². The molecular formula is C23H28ClN3O4S. The van der Waals surface area contributed by atoms with Crippen LogP contribution < -0.4 is 4.72 Å². The maximum atomic E-state index is 13.0. The fraction of sp³-hybridized carbons (Fsp3) is 0.435.